The van der Waals surface area contributed by atoms with Gasteiger partial charge in [0.15, 0.2) is 5.06 Å². The molecular weight excluding hydrogens is 186 g/mol. The number of hydrogen-bond acceptors (Lipinski definition) is 4. The predicted octanol–water partition coefficient (Wildman–Crippen LogP) is -1.24. The smallest absolute Gasteiger partial charge is 0.310 e. The van der Waals surface area contributed by atoms with Gasteiger partial charge in [-0.05, 0) is 0 Å². The van der Waals surface area contributed by atoms with Crippen LogP contribution in [0.25, 0.3) is 0 Å². The molecule has 0 saturated heterocycles. The Labute approximate surface area is 82.5 Å². The lowest BCUT2D eigenvalue weighted by molar-refractivity contribution is -0.139. The second kappa shape index (κ2) is 3.87. The van der Waals surface area contributed by atoms with Gasteiger partial charge in [-0.2, -0.15) is 0 Å². The first-order valence-electron chi connectivity index (χ1n) is 3.48. The van der Waals surface area contributed by atoms with E-state index in [1.54, 1.807) is 0 Å². The van der Waals surface area contributed by atoms with Gasteiger partial charge in [0, 0.05) is 4.88 Å². The molecule has 0 spiro atoms. The first-order valence-corrected chi connectivity index (χ1v) is 4.30. The van der Waals surface area contributed by atoms with E-state index in [4.69, 9.17) is 20.8 Å². The topological polar surface area (TPSA) is 46.5 Å². The summed E-state index contributed by atoms with van der Waals surface area (Å²) in [7, 11) is 12.2. The molecule has 13 heavy (non-hydrogen) atoms. The van der Waals surface area contributed by atoms with E-state index >= 15 is 0 Å². The average molecular weight is 192 g/mol. The molecule has 1 rings (SSSR count). The Balaban J connectivity index is 2.90. The molecule has 1 aromatic heterocycles. The van der Waals surface area contributed by atoms with Crippen molar-refractivity contribution in [3.63, 3.8) is 0 Å². The van der Waals surface area contributed by atoms with Gasteiger partial charge in [-0.25, -0.2) is 0 Å². The molecular formula is C7H6B2O3S. The van der Waals surface area contributed by atoms with Gasteiger partial charge in [0.1, 0.15) is 15.7 Å². The minimum Gasteiger partial charge on any atom is -0.500 e. The Morgan fingerprint density at radius 2 is 2.15 bits per heavy atom. The van der Waals surface area contributed by atoms with Crippen LogP contribution in [0.2, 0.25) is 0 Å². The number of thiophene rings is 1. The number of hydrogen-bond donors (Lipinski definition) is 1. The highest BCUT2D eigenvalue weighted by molar-refractivity contribution is 7.16. The molecule has 0 bridgehead atoms. The second-order valence-electron chi connectivity index (χ2n) is 2.41. The normalized spacial score (nSPS) is 9.92. The molecule has 1 aromatic rings. The Kier molecular flexibility index (Phi) is 3.03. The summed E-state index contributed by atoms with van der Waals surface area (Å²) in [5, 5.41) is 9.11. The van der Waals surface area contributed by atoms with Gasteiger partial charge in [0.2, 0.25) is 0 Å². The van der Waals surface area contributed by atoms with Gasteiger partial charge in [0.25, 0.3) is 0 Å². The minimum absolute atomic E-state index is 0.0394. The van der Waals surface area contributed by atoms with E-state index in [0.29, 0.717) is 4.88 Å². The minimum atomic E-state index is -0.409. The van der Waals surface area contributed by atoms with E-state index in [2.05, 4.69) is 4.74 Å². The number of rotatable bonds is 2. The fraction of sp³-hybridized carbons (Fsp3) is 0.286. The van der Waals surface area contributed by atoms with E-state index in [1.165, 1.54) is 7.11 Å². The number of ether oxygens (including phenoxy) is 1. The molecule has 1 N–H and O–H groups in total. The lowest BCUT2D eigenvalue weighted by atomic mass is 9.82. The third kappa shape index (κ3) is 2.06. The molecule has 0 aliphatic heterocycles. The van der Waals surface area contributed by atoms with Crippen LogP contribution in [0.3, 0.4) is 0 Å². The monoisotopic (exact) mass is 192 g/mol. The van der Waals surface area contributed by atoms with Crippen LogP contribution in [0.15, 0.2) is 0 Å². The summed E-state index contributed by atoms with van der Waals surface area (Å²) in [5.74, 6) is -0.409. The van der Waals surface area contributed by atoms with Gasteiger partial charge in [-0.1, -0.05) is 10.9 Å². The van der Waals surface area contributed by atoms with Crippen molar-refractivity contribution in [1.29, 1.82) is 0 Å². The van der Waals surface area contributed by atoms with Crippen LogP contribution >= 0.6 is 11.3 Å². The fourth-order valence-corrected chi connectivity index (χ4v) is 1.69. The highest BCUT2D eigenvalue weighted by Gasteiger charge is 2.12. The zero-order valence-corrected chi connectivity index (χ0v) is 7.85. The number of methoxy groups -OCH3 is 1. The van der Waals surface area contributed by atoms with Crippen LogP contribution in [0, 0.1) is 0 Å². The lowest BCUT2D eigenvalue weighted by Gasteiger charge is -1.98. The first kappa shape index (κ1) is 10.2. The van der Waals surface area contributed by atoms with E-state index in [9.17, 15) is 4.79 Å². The van der Waals surface area contributed by atoms with Crippen LogP contribution in [-0.2, 0) is 16.0 Å². The maximum Gasteiger partial charge on any atom is 0.310 e. The largest absolute Gasteiger partial charge is 0.500 e. The van der Waals surface area contributed by atoms with Crippen LogP contribution in [0.4, 0.5) is 0 Å². The standard InChI is InChI=1S/C7H6B2O3S/c1-12-4(10)2-3-5(8)6(9)7(11)13-3/h11H,2H2,1H3. The van der Waals surface area contributed by atoms with Gasteiger partial charge < -0.3 is 9.84 Å². The van der Waals surface area contributed by atoms with Crippen molar-refractivity contribution in [1.82, 2.24) is 0 Å². The molecule has 4 radical (unpaired) electrons. The second-order valence-corrected chi connectivity index (χ2v) is 3.49. The molecule has 0 aliphatic carbocycles. The Bertz CT molecular complexity index is 335. The van der Waals surface area contributed by atoms with Crippen LogP contribution in [-0.4, -0.2) is 33.9 Å². The maximum atomic E-state index is 10.9. The van der Waals surface area contributed by atoms with Crippen molar-refractivity contribution >= 4 is 43.9 Å². The van der Waals surface area contributed by atoms with Gasteiger partial charge >= 0.3 is 5.97 Å². The quantitative estimate of drug-likeness (QED) is 0.470. The first-order chi connectivity index (χ1) is 6.06. The molecule has 1 heterocycles. The Morgan fingerprint density at radius 1 is 1.54 bits per heavy atom. The predicted molar refractivity (Wildman–Crippen MR) is 52.5 cm³/mol. The molecule has 0 aromatic carbocycles. The Hall–Kier alpha value is -0.900. The summed E-state index contributed by atoms with van der Waals surface area (Å²) < 4.78 is 4.45. The van der Waals surface area contributed by atoms with Gasteiger partial charge in [-0.15, -0.1) is 11.3 Å². The van der Waals surface area contributed by atoms with Crippen molar-refractivity contribution in [2.45, 2.75) is 6.42 Å². The summed E-state index contributed by atoms with van der Waals surface area (Å²) >= 11 is 0.989. The zero-order valence-electron chi connectivity index (χ0n) is 7.03. The van der Waals surface area contributed by atoms with Crippen molar-refractivity contribution in [2.75, 3.05) is 7.11 Å². The lowest BCUT2D eigenvalue weighted by Crippen LogP contribution is -2.25. The number of aromatic hydroxyl groups is 1. The molecule has 0 atom stereocenters. The molecule has 64 valence electrons. The van der Waals surface area contributed by atoms with Gasteiger partial charge in [-0.3, -0.25) is 4.79 Å². The SMILES string of the molecule is [B]c1c(O)sc(CC(=O)OC)c1[B]. The van der Waals surface area contributed by atoms with Crippen LogP contribution in [0.1, 0.15) is 4.88 Å². The molecule has 0 aliphatic rings. The van der Waals surface area contributed by atoms with E-state index in [0.717, 1.165) is 11.3 Å². The summed E-state index contributed by atoms with van der Waals surface area (Å²) in [6.45, 7) is 0. The van der Waals surface area contributed by atoms with Crippen LogP contribution in [0.5, 0.6) is 5.06 Å². The molecule has 6 heteroatoms. The average Bonchev–Trinajstić information content (AvgIpc) is 2.34. The summed E-state index contributed by atoms with van der Waals surface area (Å²) in [6, 6.07) is 0. The van der Waals surface area contributed by atoms with Crippen molar-refractivity contribution < 1.29 is 14.6 Å². The number of esters is 1. The molecule has 0 fully saturated rings. The fourth-order valence-electron chi connectivity index (χ4n) is 0.827. The highest BCUT2D eigenvalue weighted by Crippen LogP contribution is 2.17. The third-order valence-corrected chi connectivity index (χ3v) is 2.60. The maximum absolute atomic E-state index is 10.9. The molecule has 3 nitrogen and oxygen atoms in total. The van der Waals surface area contributed by atoms with Gasteiger partial charge in [0.05, 0.1) is 13.5 Å². The third-order valence-electron chi connectivity index (χ3n) is 1.57. The van der Waals surface area contributed by atoms with Crippen molar-refractivity contribution in [2.24, 2.45) is 0 Å². The van der Waals surface area contributed by atoms with Crippen LogP contribution < -0.4 is 10.9 Å². The zero-order chi connectivity index (χ0) is 10.0. The van der Waals surface area contributed by atoms with E-state index in [-0.39, 0.29) is 22.4 Å². The van der Waals surface area contributed by atoms with E-state index in [1.807, 2.05) is 0 Å². The molecule has 0 unspecified atom stereocenters. The number of carbonyl (C=O) groups is 1. The summed E-state index contributed by atoms with van der Waals surface area (Å²) in [6.07, 6.45) is 0.0394. The van der Waals surface area contributed by atoms with E-state index < -0.39 is 5.97 Å². The molecule has 0 amide bonds. The summed E-state index contributed by atoms with van der Waals surface area (Å²) in [4.78, 5) is 11.4. The van der Waals surface area contributed by atoms with Crippen molar-refractivity contribution in [3.05, 3.63) is 4.88 Å². The Morgan fingerprint density at radius 3 is 2.54 bits per heavy atom. The molecule has 0 saturated carbocycles. The number of carbonyl (C=O) groups excluding carboxylic acids is 1. The van der Waals surface area contributed by atoms with Crippen molar-refractivity contribution in [3.8, 4) is 5.06 Å². The highest BCUT2D eigenvalue weighted by atomic mass is 32.1. The summed E-state index contributed by atoms with van der Waals surface area (Å²) in [5.41, 5.74) is 0.386.